The molecule has 0 aliphatic carbocycles. The van der Waals surface area contributed by atoms with Crippen LogP contribution < -0.4 is 14.4 Å². The monoisotopic (exact) mass is 585 g/mol. The minimum absolute atomic E-state index is 0.0909. The van der Waals surface area contributed by atoms with E-state index in [1.54, 1.807) is 24.3 Å². The summed E-state index contributed by atoms with van der Waals surface area (Å²) >= 11 is 0. The van der Waals surface area contributed by atoms with Crippen LogP contribution in [0.4, 0.5) is 11.4 Å². The van der Waals surface area contributed by atoms with Gasteiger partial charge in [-0.05, 0) is 73.7 Å². The number of rotatable bonds is 9. The van der Waals surface area contributed by atoms with Crippen molar-refractivity contribution in [3.63, 3.8) is 0 Å². The Bertz CT molecular complexity index is 1580. The highest BCUT2D eigenvalue weighted by molar-refractivity contribution is 7.92. The van der Waals surface area contributed by atoms with E-state index in [-0.39, 0.29) is 17.1 Å². The summed E-state index contributed by atoms with van der Waals surface area (Å²) in [7, 11) is -5.82. The van der Waals surface area contributed by atoms with Gasteiger partial charge in [0.05, 0.1) is 36.2 Å². The van der Waals surface area contributed by atoms with Crippen molar-refractivity contribution in [2.75, 3.05) is 36.1 Å². The molecule has 1 aliphatic heterocycles. The average molecular weight is 586 g/mol. The van der Waals surface area contributed by atoms with Crippen molar-refractivity contribution in [1.29, 1.82) is 0 Å². The fourth-order valence-corrected chi connectivity index (χ4v) is 7.43. The zero-order valence-electron chi connectivity index (χ0n) is 23.2. The Morgan fingerprint density at radius 2 is 1.55 bits per heavy atom. The number of para-hydroxylation sites is 1. The second kappa shape index (κ2) is 12.0. The van der Waals surface area contributed by atoms with Gasteiger partial charge in [-0.1, -0.05) is 36.8 Å². The number of ether oxygens (including phenoxy) is 1. The number of methoxy groups -OCH3 is 1. The number of nitrogens with one attached hydrogen (secondary N) is 1. The summed E-state index contributed by atoms with van der Waals surface area (Å²) in [6.07, 6.45) is 3.82. The van der Waals surface area contributed by atoms with Crippen molar-refractivity contribution >= 4 is 37.3 Å². The van der Waals surface area contributed by atoms with Gasteiger partial charge < -0.3 is 10.1 Å². The van der Waals surface area contributed by atoms with Crippen molar-refractivity contribution < 1.29 is 26.4 Å². The molecule has 0 unspecified atom stereocenters. The quantitative estimate of drug-likeness (QED) is 0.389. The van der Waals surface area contributed by atoms with Crippen LogP contribution in [0.3, 0.4) is 0 Å². The van der Waals surface area contributed by atoms with Gasteiger partial charge in [0.15, 0.2) is 0 Å². The second-order valence-corrected chi connectivity index (χ2v) is 13.8. The smallest absolute Gasteiger partial charge is 0.255 e. The lowest BCUT2D eigenvalue weighted by atomic mass is 10.1. The number of anilines is 2. The topological polar surface area (TPSA) is 113 Å². The van der Waals surface area contributed by atoms with Crippen LogP contribution in [0.15, 0.2) is 65.6 Å². The lowest BCUT2D eigenvalue weighted by Crippen LogP contribution is -2.35. The molecule has 0 spiro atoms. The third kappa shape index (κ3) is 6.48. The van der Waals surface area contributed by atoms with E-state index in [1.165, 1.54) is 40.2 Å². The van der Waals surface area contributed by atoms with Crippen molar-refractivity contribution in [2.45, 2.75) is 44.6 Å². The third-order valence-electron chi connectivity index (χ3n) is 7.00. The van der Waals surface area contributed by atoms with E-state index >= 15 is 0 Å². The number of nitrogens with zero attached hydrogens (tertiary/aromatic N) is 2. The molecule has 4 rings (SSSR count). The normalized spacial score (nSPS) is 14.5. The van der Waals surface area contributed by atoms with Gasteiger partial charge in [0, 0.05) is 18.7 Å². The number of sulfonamides is 2. The summed E-state index contributed by atoms with van der Waals surface area (Å²) in [5.74, 6) is -0.118. The highest BCUT2D eigenvalue weighted by Crippen LogP contribution is 2.31. The van der Waals surface area contributed by atoms with E-state index in [0.29, 0.717) is 35.7 Å². The van der Waals surface area contributed by atoms with Gasteiger partial charge >= 0.3 is 0 Å². The number of amides is 1. The number of hydrogen-bond acceptors (Lipinski definition) is 6. The highest BCUT2D eigenvalue weighted by Gasteiger charge is 2.27. The molecule has 11 heteroatoms. The number of benzene rings is 3. The van der Waals surface area contributed by atoms with Crippen LogP contribution in [0.1, 0.15) is 46.3 Å². The van der Waals surface area contributed by atoms with Crippen LogP contribution in [0.5, 0.6) is 5.75 Å². The molecule has 3 aromatic rings. The highest BCUT2D eigenvalue weighted by atomic mass is 32.2. The van der Waals surface area contributed by atoms with Crippen molar-refractivity contribution in [1.82, 2.24) is 4.31 Å². The zero-order valence-corrected chi connectivity index (χ0v) is 24.8. The Hall–Kier alpha value is -3.41. The first kappa shape index (κ1) is 29.6. The first-order valence-electron chi connectivity index (χ1n) is 13.0. The summed E-state index contributed by atoms with van der Waals surface area (Å²) in [4.78, 5) is 13.2. The van der Waals surface area contributed by atoms with E-state index in [1.807, 2.05) is 32.0 Å². The zero-order chi connectivity index (χ0) is 29.1. The lowest BCUT2D eigenvalue weighted by molar-refractivity contribution is 0.102. The fourth-order valence-electron chi connectivity index (χ4n) is 4.88. The van der Waals surface area contributed by atoms with Crippen molar-refractivity contribution in [3.05, 3.63) is 82.9 Å². The molecule has 0 bridgehead atoms. The molecule has 40 heavy (non-hydrogen) atoms. The molecule has 0 radical (unpaired) electrons. The van der Waals surface area contributed by atoms with Crippen LogP contribution in [-0.2, 0) is 26.6 Å². The fraction of sp³-hybridized carbons (Fsp3) is 0.345. The van der Waals surface area contributed by atoms with E-state index in [4.69, 9.17) is 4.74 Å². The van der Waals surface area contributed by atoms with Crippen LogP contribution in [0.2, 0.25) is 0 Å². The molecule has 1 fully saturated rings. The largest absolute Gasteiger partial charge is 0.495 e. The molecular formula is C29H35N3O6S2. The molecule has 1 N–H and O–H groups in total. The Kier molecular flexibility index (Phi) is 8.86. The molecule has 0 saturated carbocycles. The molecule has 9 nitrogen and oxygen atoms in total. The van der Waals surface area contributed by atoms with Gasteiger partial charge in [-0.25, -0.2) is 16.8 Å². The Labute approximate surface area is 236 Å². The van der Waals surface area contributed by atoms with E-state index in [0.717, 1.165) is 30.4 Å². The molecule has 214 valence electrons. The Morgan fingerprint density at radius 3 is 2.12 bits per heavy atom. The molecule has 1 amide bonds. The maximum atomic E-state index is 13.2. The maximum absolute atomic E-state index is 13.2. The lowest BCUT2D eigenvalue weighted by Gasteiger charge is -2.26. The number of hydrogen-bond donors (Lipinski definition) is 1. The molecule has 1 saturated heterocycles. The van der Waals surface area contributed by atoms with Crippen LogP contribution in [0, 0.1) is 13.8 Å². The van der Waals surface area contributed by atoms with Crippen LogP contribution >= 0.6 is 0 Å². The van der Waals surface area contributed by atoms with Gasteiger partial charge in [0.1, 0.15) is 5.75 Å². The van der Waals surface area contributed by atoms with Gasteiger partial charge in [0.25, 0.3) is 5.91 Å². The van der Waals surface area contributed by atoms with Gasteiger partial charge in [-0.3, -0.25) is 9.10 Å². The van der Waals surface area contributed by atoms with Gasteiger partial charge in [0.2, 0.25) is 20.0 Å². The standard InChI is InChI=1S/C29H35N3O6S2/c1-21-9-8-10-22(2)28(21)32(39(4,34)35)20-23-11-13-24(14-12-23)29(33)30-26-19-25(15-16-27(26)38-3)40(36,37)31-17-6-5-7-18-31/h8-16,19H,5-7,17-18,20H2,1-4H3,(H,30,33). The minimum atomic E-state index is -3.70. The van der Waals surface area contributed by atoms with Gasteiger partial charge in [-0.2, -0.15) is 4.31 Å². The van der Waals surface area contributed by atoms with Crippen molar-refractivity contribution in [2.24, 2.45) is 0 Å². The maximum Gasteiger partial charge on any atom is 0.255 e. The third-order valence-corrected chi connectivity index (χ3v) is 10.0. The number of carbonyl (C=O) groups is 1. The molecule has 0 atom stereocenters. The average Bonchev–Trinajstić information content (AvgIpc) is 2.92. The van der Waals surface area contributed by atoms with E-state index in [2.05, 4.69) is 5.32 Å². The number of aryl methyl sites for hydroxylation is 2. The first-order valence-corrected chi connectivity index (χ1v) is 16.3. The molecule has 1 heterocycles. The Morgan fingerprint density at radius 1 is 0.925 bits per heavy atom. The van der Waals surface area contributed by atoms with Crippen molar-refractivity contribution in [3.8, 4) is 5.75 Å². The molecular weight excluding hydrogens is 550 g/mol. The van der Waals surface area contributed by atoms with Crippen LogP contribution in [-0.4, -0.2) is 53.5 Å². The van der Waals surface area contributed by atoms with E-state index < -0.39 is 26.0 Å². The molecule has 3 aromatic carbocycles. The number of carbonyl (C=O) groups excluding carboxylic acids is 1. The molecule has 1 aliphatic rings. The molecule has 0 aromatic heterocycles. The first-order chi connectivity index (χ1) is 18.9. The summed E-state index contributed by atoms with van der Waals surface area (Å²) in [6.45, 7) is 4.80. The SMILES string of the molecule is COc1ccc(S(=O)(=O)N2CCCCC2)cc1NC(=O)c1ccc(CN(c2c(C)cccc2C)S(C)(=O)=O)cc1. The summed E-state index contributed by atoms with van der Waals surface area (Å²) in [5, 5.41) is 2.77. The summed E-state index contributed by atoms with van der Waals surface area (Å²) in [6, 6.07) is 16.7. The Balaban J connectivity index is 1.55. The second-order valence-electron chi connectivity index (χ2n) is 9.99. The van der Waals surface area contributed by atoms with Crippen LogP contribution in [0.25, 0.3) is 0 Å². The predicted octanol–water partition coefficient (Wildman–Crippen LogP) is 4.71. The predicted molar refractivity (Wildman–Crippen MR) is 157 cm³/mol. The summed E-state index contributed by atoms with van der Waals surface area (Å²) in [5.41, 5.74) is 3.61. The minimum Gasteiger partial charge on any atom is -0.495 e. The van der Waals surface area contributed by atoms with Gasteiger partial charge in [-0.15, -0.1) is 0 Å². The summed E-state index contributed by atoms with van der Waals surface area (Å²) < 4.78 is 59.9. The number of piperidine rings is 1. The van der Waals surface area contributed by atoms with E-state index in [9.17, 15) is 21.6 Å².